The molecule has 3 N–H and O–H groups in total. The Morgan fingerprint density at radius 2 is 1.71 bits per heavy atom. The van der Waals surface area contributed by atoms with E-state index in [1.807, 2.05) is 0 Å². The Kier molecular flexibility index (Phi) is 7.93. The van der Waals surface area contributed by atoms with Crippen molar-refractivity contribution in [2.75, 3.05) is 36.9 Å². The van der Waals surface area contributed by atoms with Crippen molar-refractivity contribution in [1.29, 1.82) is 5.26 Å². The molecule has 14 heteroatoms. The molecule has 1 saturated heterocycles. The lowest BCUT2D eigenvalue weighted by Crippen LogP contribution is -2.40. The zero-order valence-electron chi connectivity index (χ0n) is 17.4. The minimum absolute atomic E-state index is 0.0171. The van der Waals surface area contributed by atoms with Crippen LogP contribution in [0.3, 0.4) is 0 Å². The first-order chi connectivity index (χ1) is 16.0. The number of rotatable bonds is 7. The van der Waals surface area contributed by atoms with Gasteiger partial charge in [-0.15, -0.1) is 0 Å². The summed E-state index contributed by atoms with van der Waals surface area (Å²) in [5.41, 5.74) is -0.0272. The van der Waals surface area contributed by atoms with Crippen LogP contribution in [0.15, 0.2) is 64.0 Å². The predicted octanol–water partition coefficient (Wildman–Crippen LogP) is 2.07. The molecule has 1 fully saturated rings. The minimum Gasteiger partial charge on any atom is -0.379 e. The number of amides is 1. The number of anilines is 2. The van der Waals surface area contributed by atoms with E-state index in [4.69, 9.17) is 20.9 Å². The molecular formula is C20H19ClN4O7S2. The zero-order chi connectivity index (χ0) is 24.9. The molecule has 0 spiro atoms. The third-order valence-corrected chi connectivity index (χ3v) is 7.78. The summed E-state index contributed by atoms with van der Waals surface area (Å²) < 4.78 is 63.4. The molecule has 0 radical (unpaired) electrons. The van der Waals surface area contributed by atoms with Crippen molar-refractivity contribution in [3.8, 4) is 6.07 Å². The second-order valence-corrected chi connectivity index (χ2v) is 10.7. The number of nitriles is 1. The lowest BCUT2D eigenvalue weighted by atomic mass is 10.2. The van der Waals surface area contributed by atoms with E-state index in [0.29, 0.717) is 13.2 Å². The van der Waals surface area contributed by atoms with E-state index in [1.165, 1.54) is 34.6 Å². The Labute approximate surface area is 201 Å². The van der Waals surface area contributed by atoms with Crippen molar-refractivity contribution >= 4 is 49.0 Å². The van der Waals surface area contributed by atoms with Crippen LogP contribution in [0, 0.1) is 11.3 Å². The van der Waals surface area contributed by atoms with E-state index >= 15 is 0 Å². The summed E-state index contributed by atoms with van der Waals surface area (Å²) in [7, 11) is -8.17. The van der Waals surface area contributed by atoms with E-state index in [1.54, 1.807) is 6.07 Å². The lowest BCUT2D eigenvalue weighted by Gasteiger charge is -2.26. The van der Waals surface area contributed by atoms with Crippen LogP contribution in [0.25, 0.3) is 0 Å². The highest BCUT2D eigenvalue weighted by atomic mass is 35.5. The van der Waals surface area contributed by atoms with Gasteiger partial charge in [0.15, 0.2) is 0 Å². The molecule has 1 aliphatic heterocycles. The fraction of sp³-hybridized carbons (Fsp3) is 0.200. The van der Waals surface area contributed by atoms with Crippen LogP contribution in [-0.4, -0.2) is 57.9 Å². The van der Waals surface area contributed by atoms with Crippen molar-refractivity contribution in [1.82, 2.24) is 4.31 Å². The number of halogens is 1. The highest BCUT2D eigenvalue weighted by Crippen LogP contribution is 2.27. The number of benzene rings is 2. The van der Waals surface area contributed by atoms with E-state index < -0.39 is 26.0 Å². The Balaban J connectivity index is 1.77. The first-order valence-electron chi connectivity index (χ1n) is 9.65. The van der Waals surface area contributed by atoms with E-state index in [2.05, 4.69) is 10.6 Å². The number of morpholine rings is 1. The summed E-state index contributed by atoms with van der Waals surface area (Å²) in [6, 6.07) is 10.4. The summed E-state index contributed by atoms with van der Waals surface area (Å²) >= 11 is 6.15. The van der Waals surface area contributed by atoms with Gasteiger partial charge < -0.3 is 15.4 Å². The van der Waals surface area contributed by atoms with Crippen LogP contribution in [0.4, 0.5) is 11.4 Å². The SMILES string of the molecule is N#C/C(=C/Nc1cc(S(=O)(=O)N2CCOCC2)ccc1Cl)C(=O)Nc1ccc(S(=O)(=O)O)cc1. The average Bonchev–Trinajstić information content (AvgIpc) is 2.80. The Bertz CT molecular complexity index is 1360. The van der Waals surface area contributed by atoms with Gasteiger partial charge in [-0.3, -0.25) is 9.35 Å². The summed E-state index contributed by atoms with van der Waals surface area (Å²) in [6.07, 6.45) is 1.06. The standard InChI is InChI=1S/C20H19ClN4O7S2/c21-18-6-5-17(33(27,28)25-7-9-32-10-8-25)11-19(18)23-13-14(12-22)20(26)24-15-1-3-16(4-2-15)34(29,30)31/h1-6,11,13,23H,7-10H2,(H,24,26)(H,29,30,31)/b14-13-. The van der Waals surface area contributed by atoms with E-state index in [0.717, 1.165) is 18.3 Å². The van der Waals surface area contributed by atoms with Crippen LogP contribution in [0.5, 0.6) is 0 Å². The van der Waals surface area contributed by atoms with Gasteiger partial charge in [-0.05, 0) is 42.5 Å². The summed E-state index contributed by atoms with van der Waals surface area (Å²) in [4.78, 5) is 12.0. The number of hydrogen-bond donors (Lipinski definition) is 3. The van der Waals surface area contributed by atoms with Gasteiger partial charge >= 0.3 is 0 Å². The lowest BCUT2D eigenvalue weighted by molar-refractivity contribution is -0.112. The fourth-order valence-electron chi connectivity index (χ4n) is 2.92. The second-order valence-electron chi connectivity index (χ2n) is 6.93. The second kappa shape index (κ2) is 10.5. The number of sulfonamides is 1. The van der Waals surface area contributed by atoms with Crippen LogP contribution < -0.4 is 10.6 Å². The summed E-state index contributed by atoms with van der Waals surface area (Å²) in [5, 5.41) is 14.6. The van der Waals surface area contributed by atoms with Gasteiger partial charge in [0.1, 0.15) is 11.6 Å². The smallest absolute Gasteiger partial charge is 0.294 e. The topological polar surface area (TPSA) is 166 Å². The first-order valence-corrected chi connectivity index (χ1v) is 12.9. The van der Waals surface area contributed by atoms with Crippen molar-refractivity contribution in [2.24, 2.45) is 0 Å². The Morgan fingerprint density at radius 1 is 1.09 bits per heavy atom. The van der Waals surface area contributed by atoms with Crippen LogP contribution >= 0.6 is 11.6 Å². The van der Waals surface area contributed by atoms with Gasteiger partial charge in [-0.1, -0.05) is 11.6 Å². The van der Waals surface area contributed by atoms with Crippen LogP contribution in [0.2, 0.25) is 5.02 Å². The third-order valence-electron chi connectivity index (χ3n) is 4.69. The molecule has 1 heterocycles. The van der Waals surface area contributed by atoms with Crippen molar-refractivity contribution < 1.29 is 30.9 Å². The third kappa shape index (κ3) is 6.11. The van der Waals surface area contributed by atoms with Crippen LogP contribution in [0.1, 0.15) is 0 Å². The number of carbonyl (C=O) groups is 1. The molecule has 0 aromatic heterocycles. The van der Waals surface area contributed by atoms with Gasteiger partial charge in [0, 0.05) is 25.0 Å². The van der Waals surface area contributed by atoms with Gasteiger partial charge in [-0.2, -0.15) is 18.0 Å². The maximum atomic E-state index is 12.9. The highest BCUT2D eigenvalue weighted by molar-refractivity contribution is 7.89. The maximum absolute atomic E-state index is 12.9. The number of hydrogen-bond acceptors (Lipinski definition) is 8. The van der Waals surface area contributed by atoms with E-state index in [9.17, 15) is 26.9 Å². The molecule has 0 saturated carbocycles. The molecule has 1 amide bonds. The normalized spacial score (nSPS) is 15.4. The largest absolute Gasteiger partial charge is 0.379 e. The van der Waals surface area contributed by atoms with Crippen molar-refractivity contribution in [3.05, 3.63) is 59.3 Å². The van der Waals surface area contributed by atoms with Gasteiger partial charge in [0.25, 0.3) is 16.0 Å². The summed E-state index contributed by atoms with van der Waals surface area (Å²) in [6.45, 7) is 1.02. The molecule has 0 bridgehead atoms. The Morgan fingerprint density at radius 3 is 2.29 bits per heavy atom. The quantitative estimate of drug-likeness (QED) is 0.278. The number of nitrogens with one attached hydrogen (secondary N) is 2. The number of nitrogens with zero attached hydrogens (tertiary/aromatic N) is 2. The number of carbonyl (C=O) groups excluding carboxylic acids is 1. The first kappa shape index (κ1) is 25.6. The predicted molar refractivity (Wildman–Crippen MR) is 123 cm³/mol. The Hall–Kier alpha value is -2.99. The van der Waals surface area contributed by atoms with Crippen molar-refractivity contribution in [3.63, 3.8) is 0 Å². The van der Waals surface area contributed by atoms with E-state index in [-0.39, 0.29) is 44.9 Å². The van der Waals surface area contributed by atoms with Gasteiger partial charge in [0.2, 0.25) is 10.0 Å². The van der Waals surface area contributed by atoms with Gasteiger partial charge in [0.05, 0.1) is 33.7 Å². The molecule has 11 nitrogen and oxygen atoms in total. The zero-order valence-corrected chi connectivity index (χ0v) is 19.8. The van der Waals surface area contributed by atoms with Crippen molar-refractivity contribution in [2.45, 2.75) is 9.79 Å². The molecule has 0 atom stereocenters. The average molecular weight is 527 g/mol. The molecule has 2 aromatic rings. The molecule has 0 unspecified atom stereocenters. The fourth-order valence-corrected chi connectivity index (χ4v) is 5.01. The van der Waals surface area contributed by atoms with Crippen LogP contribution in [-0.2, 0) is 29.7 Å². The molecule has 0 aliphatic carbocycles. The van der Waals surface area contributed by atoms with Gasteiger partial charge in [-0.25, -0.2) is 8.42 Å². The number of ether oxygens (including phenoxy) is 1. The molecule has 3 rings (SSSR count). The molecule has 2 aromatic carbocycles. The monoisotopic (exact) mass is 526 g/mol. The molecular weight excluding hydrogens is 508 g/mol. The highest BCUT2D eigenvalue weighted by Gasteiger charge is 2.27. The molecule has 180 valence electrons. The molecule has 1 aliphatic rings. The summed E-state index contributed by atoms with van der Waals surface area (Å²) in [5.74, 6) is -0.817. The molecule has 34 heavy (non-hydrogen) atoms. The maximum Gasteiger partial charge on any atom is 0.294 e. The minimum atomic E-state index is -4.38.